The lowest BCUT2D eigenvalue weighted by molar-refractivity contribution is -0.132. The number of hydrogen-bond donors (Lipinski definition) is 0. The van der Waals surface area contributed by atoms with Gasteiger partial charge < -0.3 is 9.80 Å². The highest BCUT2D eigenvalue weighted by Crippen LogP contribution is 2.20. The first-order valence-corrected chi connectivity index (χ1v) is 10.9. The number of carbonyl (C=O) groups is 1. The number of hydrogen-bond acceptors (Lipinski definition) is 4. The van der Waals surface area contributed by atoms with Crippen LogP contribution >= 0.6 is 11.3 Å². The average Bonchev–Trinajstić information content (AvgIpc) is 3.10. The van der Waals surface area contributed by atoms with Crippen molar-refractivity contribution in [3.05, 3.63) is 52.0 Å². The molecule has 0 N–H and O–H groups in total. The molecule has 3 rings (SSSR count). The van der Waals surface area contributed by atoms with Gasteiger partial charge in [0, 0.05) is 24.4 Å². The summed E-state index contributed by atoms with van der Waals surface area (Å²) in [5, 5.41) is 0. The second-order valence-corrected chi connectivity index (χ2v) is 8.62. The van der Waals surface area contributed by atoms with Gasteiger partial charge in [-0.15, -0.1) is 11.3 Å². The van der Waals surface area contributed by atoms with Crippen molar-refractivity contribution in [1.29, 1.82) is 0 Å². The van der Waals surface area contributed by atoms with E-state index in [1.807, 2.05) is 18.5 Å². The molecule has 0 unspecified atom stereocenters. The van der Waals surface area contributed by atoms with E-state index in [4.69, 9.17) is 0 Å². The number of aromatic nitrogens is 1. The van der Waals surface area contributed by atoms with Gasteiger partial charge in [0.15, 0.2) is 0 Å². The number of rotatable bonds is 8. The predicted octanol–water partition coefficient (Wildman–Crippen LogP) is 3.80. The van der Waals surface area contributed by atoms with Crippen LogP contribution in [-0.4, -0.2) is 53.9 Å². The summed E-state index contributed by atoms with van der Waals surface area (Å²) < 4.78 is 0. The van der Waals surface area contributed by atoms with Gasteiger partial charge in [0.2, 0.25) is 5.91 Å². The Morgan fingerprint density at radius 3 is 2.63 bits per heavy atom. The highest BCUT2D eigenvalue weighted by atomic mass is 32.1. The van der Waals surface area contributed by atoms with E-state index in [-0.39, 0.29) is 5.91 Å². The van der Waals surface area contributed by atoms with Crippen LogP contribution in [0.15, 0.2) is 35.8 Å². The molecule has 1 aliphatic rings. The van der Waals surface area contributed by atoms with E-state index in [1.165, 1.54) is 23.3 Å². The van der Waals surface area contributed by atoms with Crippen LogP contribution in [-0.2, 0) is 17.6 Å². The van der Waals surface area contributed by atoms with Crippen molar-refractivity contribution in [1.82, 2.24) is 14.8 Å². The third-order valence-electron chi connectivity index (χ3n) is 5.59. The van der Waals surface area contributed by atoms with E-state index >= 15 is 0 Å². The first-order chi connectivity index (χ1) is 13.1. The molecular weight excluding hydrogens is 354 g/mol. The van der Waals surface area contributed by atoms with Crippen LogP contribution in [0.4, 0.5) is 0 Å². The molecule has 0 spiro atoms. The second kappa shape index (κ2) is 10.00. The number of benzene rings is 1. The first-order valence-electron chi connectivity index (χ1n) is 10.0. The van der Waals surface area contributed by atoms with Crippen LogP contribution in [0.2, 0.25) is 0 Å². The average molecular weight is 386 g/mol. The Morgan fingerprint density at radius 1 is 1.22 bits per heavy atom. The summed E-state index contributed by atoms with van der Waals surface area (Å²) in [6.07, 6.45) is 4.72. The van der Waals surface area contributed by atoms with E-state index in [0.29, 0.717) is 12.3 Å². The quantitative estimate of drug-likeness (QED) is 0.693. The molecule has 1 amide bonds. The van der Waals surface area contributed by atoms with Crippen molar-refractivity contribution >= 4 is 17.2 Å². The summed E-state index contributed by atoms with van der Waals surface area (Å²) in [4.78, 5) is 23.1. The molecule has 1 fully saturated rings. The molecule has 5 heteroatoms. The van der Waals surface area contributed by atoms with Gasteiger partial charge in [0.1, 0.15) is 0 Å². The smallest absolute Gasteiger partial charge is 0.222 e. The summed E-state index contributed by atoms with van der Waals surface area (Å²) in [7, 11) is 2.19. The lowest BCUT2D eigenvalue weighted by Gasteiger charge is -2.33. The maximum Gasteiger partial charge on any atom is 0.222 e. The standard InChI is InChI=1S/C22H31N3OS/c1-18-21(27-17-23-18)8-9-22(26)25(15-12-19-6-4-3-5-7-19)16-20-10-13-24(2)14-11-20/h3-7,17,20H,8-16H2,1-2H3. The molecule has 0 bridgehead atoms. The minimum atomic E-state index is 0.289. The van der Waals surface area contributed by atoms with Crippen molar-refractivity contribution in [3.63, 3.8) is 0 Å². The topological polar surface area (TPSA) is 36.4 Å². The third-order valence-corrected chi connectivity index (χ3v) is 6.59. The Labute approximate surface area is 167 Å². The van der Waals surface area contributed by atoms with Crippen LogP contribution in [0.3, 0.4) is 0 Å². The van der Waals surface area contributed by atoms with Gasteiger partial charge in [0.25, 0.3) is 0 Å². The van der Waals surface area contributed by atoms with Gasteiger partial charge in [-0.25, -0.2) is 4.98 Å². The number of carbonyl (C=O) groups excluding carboxylic acids is 1. The van der Waals surface area contributed by atoms with Gasteiger partial charge in [-0.1, -0.05) is 30.3 Å². The van der Waals surface area contributed by atoms with Gasteiger partial charge >= 0.3 is 0 Å². The molecule has 2 heterocycles. The minimum Gasteiger partial charge on any atom is -0.342 e. The lowest BCUT2D eigenvalue weighted by atomic mass is 9.96. The molecule has 0 radical (unpaired) electrons. The zero-order valence-corrected chi connectivity index (χ0v) is 17.4. The van der Waals surface area contributed by atoms with Crippen molar-refractivity contribution in [2.24, 2.45) is 5.92 Å². The molecule has 1 aromatic heterocycles. The number of likely N-dealkylation sites (tertiary alicyclic amines) is 1. The van der Waals surface area contributed by atoms with Crippen molar-refractivity contribution in [3.8, 4) is 0 Å². The molecule has 2 aromatic rings. The van der Waals surface area contributed by atoms with E-state index < -0.39 is 0 Å². The third kappa shape index (κ3) is 6.15. The number of amides is 1. The van der Waals surface area contributed by atoms with Gasteiger partial charge in [-0.05, 0) is 64.2 Å². The van der Waals surface area contributed by atoms with E-state index in [2.05, 4.69) is 46.1 Å². The summed E-state index contributed by atoms with van der Waals surface area (Å²) >= 11 is 1.66. The normalized spacial score (nSPS) is 15.8. The fourth-order valence-corrected chi connectivity index (χ4v) is 4.51. The van der Waals surface area contributed by atoms with Crippen LogP contribution in [0.1, 0.15) is 35.4 Å². The zero-order valence-electron chi connectivity index (χ0n) is 16.6. The summed E-state index contributed by atoms with van der Waals surface area (Å²) in [5.41, 5.74) is 4.25. The maximum absolute atomic E-state index is 13.0. The molecular formula is C22H31N3OS. The molecule has 0 atom stereocenters. The number of piperidine rings is 1. The second-order valence-electron chi connectivity index (χ2n) is 7.68. The summed E-state index contributed by atoms with van der Waals surface area (Å²) in [6, 6.07) is 10.5. The van der Waals surface area contributed by atoms with Crippen LogP contribution in [0.5, 0.6) is 0 Å². The molecule has 0 saturated carbocycles. The summed E-state index contributed by atoms with van der Waals surface area (Å²) in [6.45, 7) is 6.04. The Morgan fingerprint density at radius 2 is 1.96 bits per heavy atom. The van der Waals surface area contributed by atoms with Crippen molar-refractivity contribution < 1.29 is 4.79 Å². The largest absolute Gasteiger partial charge is 0.342 e. The van der Waals surface area contributed by atoms with Crippen LogP contribution < -0.4 is 0 Å². The molecule has 1 aromatic carbocycles. The zero-order chi connectivity index (χ0) is 19.1. The number of nitrogens with zero attached hydrogens (tertiary/aromatic N) is 3. The Kier molecular flexibility index (Phi) is 7.41. The number of aryl methyl sites for hydroxylation is 2. The minimum absolute atomic E-state index is 0.289. The molecule has 146 valence electrons. The molecule has 4 nitrogen and oxygen atoms in total. The highest BCUT2D eigenvalue weighted by molar-refractivity contribution is 7.09. The van der Waals surface area contributed by atoms with Crippen molar-refractivity contribution in [2.75, 3.05) is 33.2 Å². The van der Waals surface area contributed by atoms with Crippen LogP contribution in [0.25, 0.3) is 0 Å². The maximum atomic E-state index is 13.0. The Bertz CT molecular complexity index is 707. The predicted molar refractivity (Wildman–Crippen MR) is 112 cm³/mol. The van der Waals surface area contributed by atoms with E-state index in [1.54, 1.807) is 11.3 Å². The van der Waals surface area contributed by atoms with Crippen molar-refractivity contribution in [2.45, 2.75) is 39.0 Å². The Hall–Kier alpha value is -1.72. The lowest BCUT2D eigenvalue weighted by Crippen LogP contribution is -2.40. The van der Waals surface area contributed by atoms with Gasteiger partial charge in [0.05, 0.1) is 11.2 Å². The SMILES string of the molecule is Cc1ncsc1CCC(=O)N(CCc1ccccc1)CC1CCN(C)CC1. The monoisotopic (exact) mass is 385 g/mol. The molecule has 0 aliphatic carbocycles. The molecule has 27 heavy (non-hydrogen) atoms. The number of thiazole rings is 1. The fraction of sp³-hybridized carbons (Fsp3) is 0.545. The molecule has 1 saturated heterocycles. The molecule has 1 aliphatic heterocycles. The summed E-state index contributed by atoms with van der Waals surface area (Å²) in [5.74, 6) is 0.920. The van der Waals surface area contributed by atoms with Gasteiger partial charge in [-0.2, -0.15) is 0 Å². The first kappa shape index (κ1) is 20.0. The fourth-order valence-electron chi connectivity index (χ4n) is 3.73. The van der Waals surface area contributed by atoms with Gasteiger partial charge in [-0.3, -0.25) is 4.79 Å². The Balaban J connectivity index is 1.58. The van der Waals surface area contributed by atoms with Crippen LogP contribution in [0, 0.1) is 12.8 Å². The van der Waals surface area contributed by atoms with E-state index in [0.717, 1.165) is 44.7 Å². The highest BCUT2D eigenvalue weighted by Gasteiger charge is 2.22. The van der Waals surface area contributed by atoms with E-state index in [9.17, 15) is 4.79 Å².